The molecule has 6 heteroatoms. The fourth-order valence-corrected chi connectivity index (χ4v) is 3.42. The summed E-state index contributed by atoms with van der Waals surface area (Å²) < 4.78 is 5.38. The molecule has 0 aliphatic heterocycles. The van der Waals surface area contributed by atoms with E-state index in [0.29, 0.717) is 10.8 Å². The molecule has 0 atom stereocenters. The minimum absolute atomic E-state index is 0. The van der Waals surface area contributed by atoms with Crippen molar-refractivity contribution >= 4 is 29.9 Å². The molecule has 1 amide bonds. The molecule has 3 aliphatic carbocycles. The number of nitrogens with two attached hydrogens (primary N) is 1. The predicted octanol–water partition coefficient (Wildman–Crippen LogP) is 2.14. The number of carbonyl (C=O) groups excluding carboxylic acids is 1. The van der Waals surface area contributed by atoms with Crippen molar-refractivity contribution in [3.05, 3.63) is 29.3 Å². The summed E-state index contributed by atoms with van der Waals surface area (Å²) in [5.41, 5.74) is 6.35. The van der Waals surface area contributed by atoms with Crippen LogP contribution in [0, 0.1) is 5.41 Å². The smallest absolute Gasteiger partial charge is 0.257 e. The summed E-state index contributed by atoms with van der Waals surface area (Å²) in [6.45, 7) is 0.750. The van der Waals surface area contributed by atoms with Gasteiger partial charge >= 0.3 is 0 Å². The Kier molecular flexibility index (Phi) is 4.19. The molecule has 3 aliphatic rings. The van der Waals surface area contributed by atoms with E-state index in [-0.39, 0.29) is 35.9 Å². The maximum atomic E-state index is 11.7. The highest BCUT2D eigenvalue weighted by atomic mass is 35.5. The Labute approximate surface area is 129 Å². The van der Waals surface area contributed by atoms with E-state index in [9.17, 15) is 4.79 Å². The van der Waals surface area contributed by atoms with Gasteiger partial charge in [0.15, 0.2) is 6.61 Å². The van der Waals surface area contributed by atoms with Crippen LogP contribution in [0.2, 0.25) is 5.02 Å². The van der Waals surface area contributed by atoms with Gasteiger partial charge in [-0.2, -0.15) is 0 Å². The van der Waals surface area contributed by atoms with Gasteiger partial charge in [-0.3, -0.25) is 4.79 Å². The molecule has 110 valence electrons. The lowest BCUT2D eigenvalue weighted by Gasteiger charge is -2.69. The number of halogens is 2. The van der Waals surface area contributed by atoms with Crippen LogP contribution in [0.25, 0.3) is 0 Å². The average Bonchev–Trinajstić information content (AvgIpc) is 2.31. The quantitative estimate of drug-likeness (QED) is 0.874. The first-order valence-corrected chi connectivity index (χ1v) is 6.81. The molecule has 20 heavy (non-hydrogen) atoms. The summed E-state index contributed by atoms with van der Waals surface area (Å²) in [4.78, 5) is 11.7. The zero-order valence-corrected chi connectivity index (χ0v) is 12.6. The van der Waals surface area contributed by atoms with Crippen LogP contribution >= 0.6 is 24.0 Å². The zero-order valence-electron chi connectivity index (χ0n) is 11.0. The van der Waals surface area contributed by atoms with Crippen LogP contribution in [0.4, 0.5) is 0 Å². The second-order valence-corrected chi connectivity index (χ2v) is 6.35. The molecule has 2 bridgehead atoms. The van der Waals surface area contributed by atoms with Gasteiger partial charge in [-0.25, -0.2) is 0 Å². The normalized spacial score (nSPS) is 29.5. The molecular formula is C14H18Cl2N2O2. The molecule has 0 aromatic heterocycles. The lowest BCUT2D eigenvalue weighted by molar-refractivity contribution is -0.139. The monoisotopic (exact) mass is 316 g/mol. The Morgan fingerprint density at radius 2 is 1.90 bits per heavy atom. The fraction of sp³-hybridized carbons (Fsp3) is 0.500. The van der Waals surface area contributed by atoms with Gasteiger partial charge in [0.05, 0.1) is 0 Å². The lowest BCUT2D eigenvalue weighted by atomic mass is 9.40. The highest BCUT2D eigenvalue weighted by molar-refractivity contribution is 6.30. The molecule has 4 rings (SSSR count). The first-order valence-electron chi connectivity index (χ1n) is 6.43. The maximum absolute atomic E-state index is 11.7. The van der Waals surface area contributed by atoms with E-state index in [1.165, 1.54) is 0 Å². The number of hydrogen-bond acceptors (Lipinski definition) is 3. The third-order valence-corrected chi connectivity index (χ3v) is 4.28. The third kappa shape index (κ3) is 3.03. The van der Waals surface area contributed by atoms with Crippen molar-refractivity contribution in [3.63, 3.8) is 0 Å². The first kappa shape index (κ1) is 15.4. The summed E-state index contributed by atoms with van der Waals surface area (Å²) in [5, 5.41) is 3.57. The van der Waals surface area contributed by atoms with E-state index < -0.39 is 0 Å². The molecule has 4 nitrogen and oxygen atoms in total. The van der Waals surface area contributed by atoms with Gasteiger partial charge in [-0.15, -0.1) is 12.4 Å². The number of amides is 1. The maximum Gasteiger partial charge on any atom is 0.257 e. The number of rotatable bonds is 5. The van der Waals surface area contributed by atoms with Crippen LogP contribution in [0.5, 0.6) is 5.75 Å². The Hall–Kier alpha value is -0.970. The molecule has 3 N–H and O–H groups in total. The van der Waals surface area contributed by atoms with Crippen molar-refractivity contribution in [3.8, 4) is 5.75 Å². The molecular weight excluding hydrogens is 299 g/mol. The standard InChI is InChI=1S/C14H17ClN2O2.ClH/c15-10-1-3-11(4-2-10)19-5-12(18)17-9-13-6-14(16,7-13)8-13;/h1-4H,5-9,16H2,(H,17,18);1H. The zero-order chi connectivity index (χ0) is 13.5. The second-order valence-electron chi connectivity index (χ2n) is 5.91. The molecule has 1 aromatic carbocycles. The van der Waals surface area contributed by atoms with E-state index in [1.54, 1.807) is 24.3 Å². The van der Waals surface area contributed by atoms with Crippen molar-refractivity contribution in [1.82, 2.24) is 5.32 Å². The van der Waals surface area contributed by atoms with Crippen LogP contribution in [-0.4, -0.2) is 24.6 Å². The SMILES string of the molecule is Cl.NC12CC(CNC(=O)COc3ccc(Cl)cc3)(C1)C2. The van der Waals surface area contributed by atoms with Crippen LogP contribution in [-0.2, 0) is 4.79 Å². The van der Waals surface area contributed by atoms with Crippen LogP contribution in [0.3, 0.4) is 0 Å². The summed E-state index contributed by atoms with van der Waals surface area (Å²) in [7, 11) is 0. The first-order chi connectivity index (χ1) is 8.99. The molecule has 0 unspecified atom stereocenters. The van der Waals surface area contributed by atoms with Gasteiger partial charge in [0.2, 0.25) is 0 Å². The van der Waals surface area contributed by atoms with Crippen molar-refractivity contribution in [2.24, 2.45) is 11.1 Å². The average molecular weight is 317 g/mol. The molecule has 0 radical (unpaired) electrons. The molecule has 3 fully saturated rings. The summed E-state index contributed by atoms with van der Waals surface area (Å²) in [6, 6.07) is 6.96. The number of ether oxygens (including phenoxy) is 1. The Morgan fingerprint density at radius 3 is 2.45 bits per heavy atom. The van der Waals surface area contributed by atoms with Crippen LogP contribution in [0.1, 0.15) is 19.3 Å². The van der Waals surface area contributed by atoms with Crippen LogP contribution in [0.15, 0.2) is 24.3 Å². The summed E-state index contributed by atoms with van der Waals surface area (Å²) >= 11 is 5.77. The highest BCUT2D eigenvalue weighted by Gasteiger charge is 2.65. The predicted molar refractivity (Wildman–Crippen MR) is 80.4 cm³/mol. The number of hydrogen-bond donors (Lipinski definition) is 2. The van der Waals surface area contributed by atoms with Gasteiger partial charge < -0.3 is 15.8 Å². The van der Waals surface area contributed by atoms with Crippen LogP contribution < -0.4 is 15.8 Å². The number of carbonyl (C=O) groups is 1. The van der Waals surface area contributed by atoms with Crippen molar-refractivity contribution in [1.29, 1.82) is 0 Å². The van der Waals surface area contributed by atoms with Gasteiger partial charge in [-0.05, 0) is 48.9 Å². The molecule has 0 heterocycles. The van der Waals surface area contributed by atoms with E-state index in [0.717, 1.165) is 25.8 Å². The Bertz CT molecular complexity index is 485. The highest BCUT2D eigenvalue weighted by Crippen LogP contribution is 2.65. The lowest BCUT2D eigenvalue weighted by Crippen LogP contribution is -2.74. The Morgan fingerprint density at radius 1 is 1.30 bits per heavy atom. The molecule has 1 aromatic rings. The van der Waals surface area contributed by atoms with Gasteiger partial charge in [0, 0.05) is 17.1 Å². The van der Waals surface area contributed by atoms with Gasteiger partial charge in [-0.1, -0.05) is 11.6 Å². The van der Waals surface area contributed by atoms with Crippen molar-refractivity contribution in [2.75, 3.05) is 13.2 Å². The fourth-order valence-electron chi connectivity index (χ4n) is 3.29. The van der Waals surface area contributed by atoms with Gasteiger partial charge in [0.25, 0.3) is 5.91 Å². The van der Waals surface area contributed by atoms with Crippen molar-refractivity contribution in [2.45, 2.75) is 24.8 Å². The van der Waals surface area contributed by atoms with Gasteiger partial charge in [0.1, 0.15) is 5.75 Å². The topological polar surface area (TPSA) is 64.3 Å². The molecule has 0 saturated heterocycles. The van der Waals surface area contributed by atoms with E-state index in [2.05, 4.69) is 5.32 Å². The summed E-state index contributed by atoms with van der Waals surface area (Å²) in [6.07, 6.45) is 3.12. The number of nitrogens with one attached hydrogen (secondary N) is 1. The van der Waals surface area contributed by atoms with E-state index in [1.807, 2.05) is 0 Å². The molecule has 3 saturated carbocycles. The second kappa shape index (κ2) is 5.43. The largest absolute Gasteiger partial charge is 0.484 e. The Balaban J connectivity index is 0.00000147. The third-order valence-electron chi connectivity index (χ3n) is 4.03. The number of benzene rings is 1. The molecule has 0 spiro atoms. The minimum Gasteiger partial charge on any atom is -0.484 e. The van der Waals surface area contributed by atoms with E-state index in [4.69, 9.17) is 22.1 Å². The van der Waals surface area contributed by atoms with Crippen molar-refractivity contribution < 1.29 is 9.53 Å². The van der Waals surface area contributed by atoms with E-state index >= 15 is 0 Å². The summed E-state index contributed by atoms with van der Waals surface area (Å²) in [5.74, 6) is 0.553. The minimum atomic E-state index is -0.0919.